The summed E-state index contributed by atoms with van der Waals surface area (Å²) in [5.74, 6) is 2.18. The Morgan fingerprint density at radius 1 is 1.38 bits per heavy atom. The Morgan fingerprint density at radius 3 is 2.81 bits per heavy atom. The molecule has 0 spiro atoms. The molecule has 0 aliphatic rings. The first-order valence-electron chi connectivity index (χ1n) is 6.62. The Balaban J connectivity index is 1.88. The van der Waals surface area contributed by atoms with Crippen molar-refractivity contribution in [3.05, 3.63) is 24.0 Å². The molecule has 0 atom stereocenters. The van der Waals surface area contributed by atoms with Gasteiger partial charge in [0.2, 0.25) is 11.8 Å². The molecule has 1 N–H and O–H groups in total. The summed E-state index contributed by atoms with van der Waals surface area (Å²) in [6.45, 7) is 7.98. The topological polar surface area (TPSA) is 68.0 Å². The minimum absolute atomic E-state index is 0.111. The molecule has 0 aliphatic carbocycles. The van der Waals surface area contributed by atoms with Crippen LogP contribution in [0, 0.1) is 5.41 Å². The van der Waals surface area contributed by atoms with Crippen molar-refractivity contribution in [3.8, 4) is 0 Å². The Labute approximate surface area is 132 Å². The monoisotopic (exact) mass is 325 g/mol. The van der Waals surface area contributed by atoms with E-state index in [2.05, 4.69) is 36.1 Å². The molecule has 2 aromatic heterocycles. The summed E-state index contributed by atoms with van der Waals surface area (Å²) in [4.78, 5) is 19.4. The molecule has 0 aliphatic heterocycles. The number of carbonyl (C=O) groups excluding carboxylic acids is 1. The highest BCUT2D eigenvalue weighted by Gasteiger charge is 2.15. The molecule has 0 aromatic carbocycles. The van der Waals surface area contributed by atoms with Gasteiger partial charge in [0.05, 0.1) is 22.4 Å². The quantitative estimate of drug-likeness (QED) is 0.842. The third-order valence-corrected chi connectivity index (χ3v) is 4.50. The van der Waals surface area contributed by atoms with Crippen LogP contribution < -0.4 is 5.32 Å². The highest BCUT2D eigenvalue weighted by atomic mass is 32.2. The summed E-state index contributed by atoms with van der Waals surface area (Å²) >= 11 is 3.05. The van der Waals surface area contributed by atoms with E-state index in [1.54, 1.807) is 24.2 Å². The second-order valence-electron chi connectivity index (χ2n) is 5.91. The number of rotatable bonds is 5. The van der Waals surface area contributed by atoms with E-state index in [0.717, 1.165) is 16.4 Å². The lowest BCUT2D eigenvalue weighted by Gasteiger charge is -2.15. The molecular formula is C14H19N3O2S2. The van der Waals surface area contributed by atoms with Crippen LogP contribution in [-0.2, 0) is 17.0 Å². The van der Waals surface area contributed by atoms with Crippen molar-refractivity contribution >= 4 is 34.1 Å². The molecule has 0 saturated carbocycles. The molecule has 114 valence electrons. The lowest BCUT2D eigenvalue weighted by atomic mass is 9.91. The zero-order chi connectivity index (χ0) is 15.5. The fourth-order valence-electron chi connectivity index (χ4n) is 1.69. The van der Waals surface area contributed by atoms with Crippen LogP contribution in [0.4, 0.5) is 5.13 Å². The van der Waals surface area contributed by atoms with Crippen molar-refractivity contribution in [3.63, 3.8) is 0 Å². The summed E-state index contributed by atoms with van der Waals surface area (Å²) in [6, 6.07) is 0. The van der Waals surface area contributed by atoms with E-state index < -0.39 is 0 Å². The standard InChI is InChI=1S/C14H19N3O2S2/c1-9(18)17-13-16-7-12(21-13)20-8-11-15-6-10(19-11)5-14(2,3)4/h6-7H,5,8H2,1-4H3,(H,16,17,18). The van der Waals surface area contributed by atoms with Gasteiger partial charge < -0.3 is 9.73 Å². The third kappa shape index (κ3) is 5.51. The molecule has 0 fully saturated rings. The molecule has 2 rings (SSSR count). The van der Waals surface area contributed by atoms with Gasteiger partial charge in [0.25, 0.3) is 0 Å². The smallest absolute Gasteiger partial charge is 0.223 e. The van der Waals surface area contributed by atoms with E-state index >= 15 is 0 Å². The van der Waals surface area contributed by atoms with Gasteiger partial charge in [-0.3, -0.25) is 4.79 Å². The molecule has 21 heavy (non-hydrogen) atoms. The maximum atomic E-state index is 10.9. The first kappa shape index (κ1) is 16.0. The van der Waals surface area contributed by atoms with Crippen LogP contribution in [0.15, 0.2) is 21.0 Å². The van der Waals surface area contributed by atoms with Gasteiger partial charge in [-0.2, -0.15) is 0 Å². The maximum Gasteiger partial charge on any atom is 0.223 e. The molecule has 0 unspecified atom stereocenters. The van der Waals surface area contributed by atoms with E-state index in [0.29, 0.717) is 16.8 Å². The largest absolute Gasteiger partial charge is 0.445 e. The van der Waals surface area contributed by atoms with E-state index in [-0.39, 0.29) is 11.3 Å². The average molecular weight is 325 g/mol. The van der Waals surface area contributed by atoms with Gasteiger partial charge in [-0.05, 0) is 5.41 Å². The molecule has 7 heteroatoms. The van der Waals surface area contributed by atoms with Crippen LogP contribution in [0.1, 0.15) is 39.3 Å². The SMILES string of the molecule is CC(=O)Nc1ncc(SCc2ncc(CC(C)(C)C)o2)s1. The number of hydrogen-bond donors (Lipinski definition) is 1. The summed E-state index contributed by atoms with van der Waals surface area (Å²) < 4.78 is 6.76. The van der Waals surface area contributed by atoms with Gasteiger partial charge >= 0.3 is 0 Å². The van der Waals surface area contributed by atoms with Crippen LogP contribution in [0.5, 0.6) is 0 Å². The van der Waals surface area contributed by atoms with Crippen LogP contribution >= 0.6 is 23.1 Å². The first-order valence-corrected chi connectivity index (χ1v) is 8.42. The van der Waals surface area contributed by atoms with Gasteiger partial charge in [0.15, 0.2) is 5.13 Å². The third-order valence-electron chi connectivity index (χ3n) is 2.41. The van der Waals surface area contributed by atoms with Crippen molar-refractivity contribution in [2.24, 2.45) is 5.41 Å². The number of thiazole rings is 1. The van der Waals surface area contributed by atoms with Crippen molar-refractivity contribution < 1.29 is 9.21 Å². The average Bonchev–Trinajstić information content (AvgIpc) is 2.93. The van der Waals surface area contributed by atoms with Gasteiger partial charge in [-0.15, -0.1) is 11.8 Å². The summed E-state index contributed by atoms with van der Waals surface area (Å²) in [6.07, 6.45) is 4.42. The van der Waals surface area contributed by atoms with Gasteiger partial charge in [0.1, 0.15) is 5.76 Å². The number of nitrogens with one attached hydrogen (secondary N) is 1. The van der Waals surface area contributed by atoms with Crippen molar-refractivity contribution in [2.45, 2.75) is 44.1 Å². The predicted molar refractivity (Wildman–Crippen MR) is 85.6 cm³/mol. The number of aromatic nitrogens is 2. The van der Waals surface area contributed by atoms with Crippen LogP contribution in [0.25, 0.3) is 0 Å². The number of hydrogen-bond acceptors (Lipinski definition) is 6. The predicted octanol–water partition coefficient (Wildman–Crippen LogP) is 3.97. The van der Waals surface area contributed by atoms with Crippen molar-refractivity contribution in [1.82, 2.24) is 9.97 Å². The second kappa shape index (κ2) is 6.62. The fraction of sp³-hybridized carbons (Fsp3) is 0.500. The minimum Gasteiger partial charge on any atom is -0.445 e. The molecule has 1 amide bonds. The van der Waals surface area contributed by atoms with Gasteiger partial charge in [-0.1, -0.05) is 32.1 Å². The highest BCUT2D eigenvalue weighted by Crippen LogP contribution is 2.31. The number of carbonyl (C=O) groups is 1. The number of thioether (sulfide) groups is 1. The first-order chi connectivity index (χ1) is 9.82. The Morgan fingerprint density at radius 2 is 2.14 bits per heavy atom. The van der Waals surface area contributed by atoms with Gasteiger partial charge in [0, 0.05) is 13.3 Å². The summed E-state index contributed by atoms with van der Waals surface area (Å²) in [7, 11) is 0. The van der Waals surface area contributed by atoms with E-state index in [4.69, 9.17) is 4.42 Å². The lowest BCUT2D eigenvalue weighted by Crippen LogP contribution is -2.08. The Hall–Kier alpha value is -1.34. The maximum absolute atomic E-state index is 10.9. The van der Waals surface area contributed by atoms with E-state index in [9.17, 15) is 4.79 Å². The van der Waals surface area contributed by atoms with Gasteiger partial charge in [-0.25, -0.2) is 9.97 Å². The Kier molecular flexibility index (Phi) is 5.05. The molecule has 2 heterocycles. The van der Waals surface area contributed by atoms with Crippen molar-refractivity contribution in [1.29, 1.82) is 0 Å². The molecule has 5 nitrogen and oxygen atoms in total. The fourth-order valence-corrected chi connectivity index (χ4v) is 3.46. The van der Waals surface area contributed by atoms with Crippen LogP contribution in [-0.4, -0.2) is 15.9 Å². The molecular weight excluding hydrogens is 306 g/mol. The second-order valence-corrected chi connectivity index (χ2v) is 8.22. The zero-order valence-corrected chi connectivity index (χ0v) is 14.2. The number of nitrogens with zero attached hydrogens (tertiary/aromatic N) is 2. The summed E-state index contributed by atoms with van der Waals surface area (Å²) in [5, 5.41) is 3.29. The molecule has 0 bridgehead atoms. The molecule has 2 aromatic rings. The molecule has 0 radical (unpaired) electrons. The Bertz CT molecular complexity index is 614. The van der Waals surface area contributed by atoms with Crippen LogP contribution in [0.3, 0.4) is 0 Å². The van der Waals surface area contributed by atoms with E-state index in [1.165, 1.54) is 18.3 Å². The highest BCUT2D eigenvalue weighted by molar-refractivity contribution is 8.00. The number of amides is 1. The van der Waals surface area contributed by atoms with Crippen LogP contribution in [0.2, 0.25) is 0 Å². The normalized spacial score (nSPS) is 11.6. The van der Waals surface area contributed by atoms with Crippen molar-refractivity contribution in [2.75, 3.05) is 5.32 Å². The lowest BCUT2D eigenvalue weighted by molar-refractivity contribution is -0.114. The zero-order valence-electron chi connectivity index (χ0n) is 12.6. The number of anilines is 1. The minimum atomic E-state index is -0.111. The summed E-state index contributed by atoms with van der Waals surface area (Å²) in [5.41, 5.74) is 0.189. The number of oxazole rings is 1. The van der Waals surface area contributed by atoms with E-state index in [1.807, 2.05) is 0 Å². The molecule has 0 saturated heterocycles.